The number of nitrogens with zero attached hydrogens (tertiary/aromatic N) is 2. The number of fused-ring (bicyclic) bond motifs is 1. The fraction of sp³-hybridized carbons (Fsp3) is 0.400. The van der Waals surface area contributed by atoms with Gasteiger partial charge in [0.05, 0.1) is 6.42 Å². The Labute approximate surface area is 191 Å². The van der Waals surface area contributed by atoms with Crippen LogP contribution in [-0.2, 0) is 16.6 Å². The van der Waals surface area contributed by atoms with Gasteiger partial charge in [-0.25, -0.2) is 0 Å². The fourth-order valence-electron chi connectivity index (χ4n) is 4.93. The van der Waals surface area contributed by atoms with Crippen molar-refractivity contribution in [2.45, 2.75) is 38.5 Å². The van der Waals surface area contributed by atoms with Crippen molar-refractivity contribution in [2.24, 2.45) is 12.5 Å². The normalized spacial score (nSPS) is 16.8. The van der Waals surface area contributed by atoms with Crippen molar-refractivity contribution >= 4 is 34.2 Å². The van der Waals surface area contributed by atoms with Crippen LogP contribution in [0.25, 0.3) is 22.0 Å². The molecule has 0 unspecified atom stereocenters. The Hall–Kier alpha value is -3.55. The summed E-state index contributed by atoms with van der Waals surface area (Å²) in [5.41, 5.74) is 4.56. The summed E-state index contributed by atoms with van der Waals surface area (Å²) in [6, 6.07) is 7.73. The van der Waals surface area contributed by atoms with Gasteiger partial charge in [0, 0.05) is 66.8 Å². The van der Waals surface area contributed by atoms with Crippen molar-refractivity contribution < 1.29 is 14.7 Å². The van der Waals surface area contributed by atoms with E-state index in [1.165, 1.54) is 25.7 Å². The van der Waals surface area contributed by atoms with Crippen LogP contribution in [0.5, 0.6) is 0 Å². The minimum atomic E-state index is -1.00. The van der Waals surface area contributed by atoms with E-state index >= 15 is 0 Å². The monoisotopic (exact) mass is 448 g/mol. The number of rotatable bonds is 6. The van der Waals surface area contributed by atoms with E-state index in [-0.39, 0.29) is 24.3 Å². The van der Waals surface area contributed by atoms with Crippen LogP contribution in [0.15, 0.2) is 41.5 Å². The van der Waals surface area contributed by atoms with E-state index in [4.69, 9.17) is 5.11 Å². The molecule has 3 aromatic rings. The minimum absolute atomic E-state index is 0.0808. The summed E-state index contributed by atoms with van der Waals surface area (Å²) in [7, 11) is 1.74. The molecule has 2 fully saturated rings. The minimum Gasteiger partial charge on any atom is -0.481 e. The highest BCUT2D eigenvalue weighted by molar-refractivity contribution is 6.00. The number of carbonyl (C=O) groups excluding carboxylic acids is 1. The van der Waals surface area contributed by atoms with Gasteiger partial charge in [-0.3, -0.25) is 14.4 Å². The van der Waals surface area contributed by atoms with Crippen LogP contribution in [0, 0.1) is 5.41 Å². The molecule has 1 aliphatic carbocycles. The average molecular weight is 449 g/mol. The summed E-state index contributed by atoms with van der Waals surface area (Å²) in [4.78, 5) is 41.1. The maximum Gasteiger partial charge on any atom is 0.303 e. The summed E-state index contributed by atoms with van der Waals surface area (Å²) >= 11 is 0. The van der Waals surface area contributed by atoms with Gasteiger partial charge in [-0.1, -0.05) is 0 Å². The van der Waals surface area contributed by atoms with Gasteiger partial charge in [-0.2, -0.15) is 0 Å². The molecule has 8 nitrogen and oxygen atoms in total. The van der Waals surface area contributed by atoms with E-state index in [1.54, 1.807) is 17.8 Å². The molecule has 172 valence electrons. The van der Waals surface area contributed by atoms with Crippen LogP contribution in [0.2, 0.25) is 0 Å². The lowest BCUT2D eigenvalue weighted by Gasteiger charge is -2.35. The van der Waals surface area contributed by atoms with Crippen molar-refractivity contribution in [1.82, 2.24) is 9.55 Å². The van der Waals surface area contributed by atoms with Crippen molar-refractivity contribution in [3.8, 4) is 11.1 Å². The fourth-order valence-corrected chi connectivity index (χ4v) is 4.93. The first-order valence-corrected chi connectivity index (χ1v) is 11.4. The molecular formula is C25H28N4O4. The van der Waals surface area contributed by atoms with Gasteiger partial charge in [-0.05, 0) is 55.4 Å². The molecule has 3 N–H and O–H groups in total. The third-order valence-electron chi connectivity index (χ3n) is 7.15. The second-order valence-electron chi connectivity index (χ2n) is 9.39. The Balaban J connectivity index is 1.55. The molecule has 2 aliphatic rings. The second-order valence-corrected chi connectivity index (χ2v) is 9.39. The standard InChI is InChI=1S/C25H28N4O4/c1-28-15-19(17-6-11-26-23(17)24(28)33)18-14-16(27-21(30)4-5-22(31)32)2-3-20(18)29-12-9-25(7-8-25)10-13-29/h2-3,6,11,14-15,26H,4-5,7-10,12-13H2,1H3,(H,27,30)(H,31,32). The van der Waals surface area contributed by atoms with Crippen molar-refractivity contribution in [3.63, 3.8) is 0 Å². The van der Waals surface area contributed by atoms with Gasteiger partial charge in [-0.15, -0.1) is 0 Å². The van der Waals surface area contributed by atoms with Crippen LogP contribution in [-0.4, -0.2) is 39.6 Å². The number of H-pyrrole nitrogens is 1. The quantitative estimate of drug-likeness (QED) is 0.533. The molecule has 1 aromatic carbocycles. The number of pyridine rings is 1. The first-order chi connectivity index (χ1) is 15.8. The topological polar surface area (TPSA) is 107 Å². The number of aromatic amines is 1. The number of hydrogen-bond acceptors (Lipinski definition) is 4. The maximum absolute atomic E-state index is 12.6. The average Bonchev–Trinajstić information content (AvgIpc) is 3.36. The predicted molar refractivity (Wildman–Crippen MR) is 128 cm³/mol. The van der Waals surface area contributed by atoms with Gasteiger partial charge in [0.25, 0.3) is 5.56 Å². The van der Waals surface area contributed by atoms with E-state index in [0.29, 0.717) is 16.6 Å². The number of piperidine rings is 1. The van der Waals surface area contributed by atoms with E-state index in [1.807, 2.05) is 30.5 Å². The molecule has 8 heteroatoms. The van der Waals surface area contributed by atoms with E-state index < -0.39 is 5.97 Å². The van der Waals surface area contributed by atoms with Crippen molar-refractivity contribution in [3.05, 3.63) is 47.0 Å². The van der Waals surface area contributed by atoms with E-state index in [0.717, 1.165) is 35.3 Å². The number of anilines is 2. The van der Waals surface area contributed by atoms with Gasteiger partial charge >= 0.3 is 5.97 Å². The summed E-state index contributed by atoms with van der Waals surface area (Å²) in [6.45, 7) is 1.97. The summed E-state index contributed by atoms with van der Waals surface area (Å²) < 4.78 is 1.57. The zero-order chi connectivity index (χ0) is 23.2. The highest BCUT2D eigenvalue weighted by Crippen LogP contribution is 2.54. The lowest BCUT2D eigenvalue weighted by molar-refractivity contribution is -0.138. The number of hydrogen-bond donors (Lipinski definition) is 3. The summed E-state index contributed by atoms with van der Waals surface area (Å²) in [5.74, 6) is -1.34. The van der Waals surface area contributed by atoms with Gasteiger partial charge in [0.1, 0.15) is 5.52 Å². The molecule has 1 saturated heterocycles. The number of benzene rings is 1. The molecule has 1 saturated carbocycles. The van der Waals surface area contributed by atoms with Crippen molar-refractivity contribution in [2.75, 3.05) is 23.3 Å². The predicted octanol–water partition coefficient (Wildman–Crippen LogP) is 3.72. The maximum atomic E-state index is 12.6. The lowest BCUT2D eigenvalue weighted by atomic mass is 9.92. The Morgan fingerprint density at radius 1 is 1.09 bits per heavy atom. The Morgan fingerprint density at radius 2 is 1.85 bits per heavy atom. The van der Waals surface area contributed by atoms with Crippen LogP contribution in [0.1, 0.15) is 38.5 Å². The molecule has 1 aliphatic heterocycles. The van der Waals surface area contributed by atoms with Crippen LogP contribution < -0.4 is 15.8 Å². The Bertz CT molecular complexity index is 1290. The molecular weight excluding hydrogens is 420 g/mol. The molecule has 1 amide bonds. The molecule has 0 atom stereocenters. The largest absolute Gasteiger partial charge is 0.481 e. The third kappa shape index (κ3) is 4.13. The molecule has 1 spiro atoms. The smallest absolute Gasteiger partial charge is 0.303 e. The second kappa shape index (κ2) is 8.10. The number of aryl methyl sites for hydroxylation is 1. The molecule has 5 rings (SSSR count). The number of carboxylic acids is 1. The zero-order valence-electron chi connectivity index (χ0n) is 18.7. The number of amides is 1. The van der Waals surface area contributed by atoms with Gasteiger partial charge in [0.15, 0.2) is 0 Å². The first kappa shape index (κ1) is 21.3. The molecule has 0 radical (unpaired) electrons. The molecule has 2 aromatic heterocycles. The number of nitrogens with one attached hydrogen (secondary N) is 2. The molecule has 33 heavy (non-hydrogen) atoms. The lowest BCUT2D eigenvalue weighted by Crippen LogP contribution is -2.34. The number of aromatic nitrogens is 2. The van der Waals surface area contributed by atoms with Crippen LogP contribution >= 0.6 is 0 Å². The van der Waals surface area contributed by atoms with Crippen LogP contribution in [0.3, 0.4) is 0 Å². The number of carbonyl (C=O) groups is 2. The third-order valence-corrected chi connectivity index (χ3v) is 7.15. The van der Waals surface area contributed by atoms with Gasteiger partial charge in [0.2, 0.25) is 5.91 Å². The van der Waals surface area contributed by atoms with Crippen molar-refractivity contribution in [1.29, 1.82) is 0 Å². The van der Waals surface area contributed by atoms with Crippen LogP contribution in [0.4, 0.5) is 11.4 Å². The Morgan fingerprint density at radius 3 is 2.55 bits per heavy atom. The molecule has 0 bridgehead atoms. The SMILES string of the molecule is Cn1cc(-c2cc(NC(=O)CCC(=O)O)ccc2N2CCC3(CC2)CC3)c2cc[nH]c2c1=O. The summed E-state index contributed by atoms with van der Waals surface area (Å²) in [6.07, 6.45) is 8.36. The highest BCUT2D eigenvalue weighted by Gasteiger charge is 2.44. The summed E-state index contributed by atoms with van der Waals surface area (Å²) in [5, 5.41) is 12.5. The Kier molecular flexibility index (Phi) is 5.23. The number of aliphatic carboxylic acids is 1. The molecule has 3 heterocycles. The van der Waals surface area contributed by atoms with E-state index in [2.05, 4.69) is 15.2 Å². The first-order valence-electron chi connectivity index (χ1n) is 11.4. The van der Waals surface area contributed by atoms with E-state index in [9.17, 15) is 14.4 Å². The zero-order valence-corrected chi connectivity index (χ0v) is 18.7. The highest BCUT2D eigenvalue weighted by atomic mass is 16.4. The van der Waals surface area contributed by atoms with Gasteiger partial charge < -0.3 is 24.9 Å². The number of carboxylic acid groups (broad SMARTS) is 1.